The normalized spacial score (nSPS) is 11.0. The molecule has 8 heteroatoms. The number of ether oxygens (including phenoxy) is 1. The first-order valence-electron chi connectivity index (χ1n) is 7.81. The lowest BCUT2D eigenvalue weighted by Crippen LogP contribution is -2.38. The van der Waals surface area contributed by atoms with Gasteiger partial charge in [-0.05, 0) is 31.2 Å². The van der Waals surface area contributed by atoms with Gasteiger partial charge in [0.05, 0.1) is 30.7 Å². The molecule has 7 nitrogen and oxygen atoms in total. The smallest absolute Gasteiger partial charge is 0.252 e. The Kier molecular flexibility index (Phi) is 6.35. The summed E-state index contributed by atoms with van der Waals surface area (Å²) in [6.07, 6.45) is 4.15. The number of para-hydroxylation sites is 2. The summed E-state index contributed by atoms with van der Waals surface area (Å²) in [5.41, 5.74) is 0.866. The largest absolute Gasteiger partial charge is 0.492 e. The van der Waals surface area contributed by atoms with E-state index in [1.165, 1.54) is 10.5 Å². The minimum absolute atomic E-state index is 0.0922. The molecular formula is C17H21N3O4S. The van der Waals surface area contributed by atoms with Crippen molar-refractivity contribution in [1.29, 1.82) is 0 Å². The number of sulfonamides is 1. The zero-order valence-corrected chi connectivity index (χ0v) is 15.0. The Hall–Kier alpha value is -2.61. The SMILES string of the molecule is CCOc1ccccc1N(CCNC(=O)c1cccnc1)S(C)(=O)=O. The number of pyridine rings is 1. The molecule has 1 N–H and O–H groups in total. The third-order valence-electron chi connectivity index (χ3n) is 3.36. The van der Waals surface area contributed by atoms with Crippen LogP contribution in [0.25, 0.3) is 0 Å². The standard InChI is InChI=1S/C17H21N3O4S/c1-3-24-16-9-5-4-8-15(16)20(25(2,22)23)12-11-19-17(21)14-7-6-10-18-13-14/h4-10,13H,3,11-12H2,1-2H3,(H,19,21). The summed E-state index contributed by atoms with van der Waals surface area (Å²) in [5, 5.41) is 2.70. The Morgan fingerprint density at radius 3 is 2.64 bits per heavy atom. The molecule has 0 bridgehead atoms. The predicted octanol–water partition coefficient (Wildman–Crippen LogP) is 1.68. The van der Waals surface area contributed by atoms with Gasteiger partial charge in [-0.15, -0.1) is 0 Å². The third kappa shape index (κ3) is 5.18. The highest BCUT2D eigenvalue weighted by atomic mass is 32.2. The van der Waals surface area contributed by atoms with Gasteiger partial charge in [-0.25, -0.2) is 8.42 Å². The summed E-state index contributed by atoms with van der Waals surface area (Å²) < 4.78 is 31.1. The first-order valence-corrected chi connectivity index (χ1v) is 9.66. The maximum absolute atomic E-state index is 12.2. The van der Waals surface area contributed by atoms with E-state index >= 15 is 0 Å². The van der Waals surface area contributed by atoms with Crippen molar-refractivity contribution in [3.8, 4) is 5.75 Å². The predicted molar refractivity (Wildman–Crippen MR) is 96.4 cm³/mol. The van der Waals surface area contributed by atoms with Crippen molar-refractivity contribution in [2.75, 3.05) is 30.3 Å². The van der Waals surface area contributed by atoms with Crippen molar-refractivity contribution < 1.29 is 17.9 Å². The van der Waals surface area contributed by atoms with Gasteiger partial charge in [0.2, 0.25) is 10.0 Å². The maximum Gasteiger partial charge on any atom is 0.252 e. The second-order valence-electron chi connectivity index (χ2n) is 5.23. The molecule has 2 rings (SSSR count). The number of hydrogen-bond acceptors (Lipinski definition) is 5. The van der Waals surface area contributed by atoms with Crippen LogP contribution < -0.4 is 14.4 Å². The second-order valence-corrected chi connectivity index (χ2v) is 7.14. The van der Waals surface area contributed by atoms with E-state index in [1.807, 2.05) is 6.92 Å². The maximum atomic E-state index is 12.2. The van der Waals surface area contributed by atoms with Crippen LogP contribution in [0.2, 0.25) is 0 Å². The molecule has 1 heterocycles. The number of hydrogen-bond donors (Lipinski definition) is 1. The molecule has 0 aliphatic carbocycles. The zero-order valence-electron chi connectivity index (χ0n) is 14.2. The van der Waals surface area contributed by atoms with E-state index in [0.717, 1.165) is 6.26 Å². The molecule has 134 valence electrons. The van der Waals surface area contributed by atoms with E-state index in [4.69, 9.17) is 4.74 Å². The van der Waals surface area contributed by atoms with E-state index in [9.17, 15) is 13.2 Å². The number of carbonyl (C=O) groups is 1. The average Bonchev–Trinajstić information content (AvgIpc) is 2.59. The molecule has 2 aromatic rings. The highest BCUT2D eigenvalue weighted by molar-refractivity contribution is 7.92. The van der Waals surface area contributed by atoms with Crippen molar-refractivity contribution in [2.24, 2.45) is 0 Å². The van der Waals surface area contributed by atoms with Crippen LogP contribution in [0.5, 0.6) is 5.75 Å². The fourth-order valence-corrected chi connectivity index (χ4v) is 3.21. The summed E-state index contributed by atoms with van der Waals surface area (Å²) in [4.78, 5) is 15.9. The topological polar surface area (TPSA) is 88.6 Å². The Morgan fingerprint density at radius 2 is 2.00 bits per heavy atom. The van der Waals surface area contributed by atoms with Gasteiger partial charge in [0.25, 0.3) is 5.91 Å². The molecule has 0 unspecified atom stereocenters. The van der Waals surface area contributed by atoms with Gasteiger partial charge in [-0.2, -0.15) is 0 Å². The molecule has 0 fully saturated rings. The van der Waals surface area contributed by atoms with E-state index in [-0.39, 0.29) is 19.0 Å². The number of anilines is 1. The summed E-state index contributed by atoms with van der Waals surface area (Å²) in [7, 11) is -3.53. The van der Waals surface area contributed by atoms with E-state index in [1.54, 1.807) is 42.6 Å². The van der Waals surface area contributed by atoms with Crippen LogP contribution in [-0.4, -0.2) is 45.3 Å². The number of aromatic nitrogens is 1. The van der Waals surface area contributed by atoms with Gasteiger partial charge in [0, 0.05) is 18.9 Å². The van der Waals surface area contributed by atoms with Crippen LogP contribution in [0.15, 0.2) is 48.8 Å². The molecule has 1 aromatic carbocycles. The van der Waals surface area contributed by atoms with Crippen molar-refractivity contribution in [2.45, 2.75) is 6.92 Å². The first kappa shape index (κ1) is 18.7. The van der Waals surface area contributed by atoms with E-state index in [0.29, 0.717) is 23.6 Å². The van der Waals surface area contributed by atoms with Crippen molar-refractivity contribution in [3.63, 3.8) is 0 Å². The second kappa shape index (κ2) is 8.48. The number of benzene rings is 1. The Morgan fingerprint density at radius 1 is 1.24 bits per heavy atom. The highest BCUT2D eigenvalue weighted by Gasteiger charge is 2.21. The van der Waals surface area contributed by atoms with Crippen LogP contribution in [0.3, 0.4) is 0 Å². The first-order chi connectivity index (χ1) is 11.9. The molecule has 25 heavy (non-hydrogen) atoms. The molecule has 0 aliphatic rings. The molecule has 0 aliphatic heterocycles. The Bertz CT molecular complexity index is 810. The average molecular weight is 363 g/mol. The third-order valence-corrected chi connectivity index (χ3v) is 4.54. The zero-order chi connectivity index (χ0) is 18.3. The molecule has 1 aromatic heterocycles. The summed E-state index contributed by atoms with van der Waals surface area (Å²) in [5.74, 6) is 0.175. The van der Waals surface area contributed by atoms with Gasteiger partial charge in [0.1, 0.15) is 5.75 Å². The molecule has 0 saturated carbocycles. The van der Waals surface area contributed by atoms with Gasteiger partial charge in [-0.3, -0.25) is 14.1 Å². The lowest BCUT2D eigenvalue weighted by Gasteiger charge is -2.24. The van der Waals surface area contributed by atoms with Crippen LogP contribution in [0.4, 0.5) is 5.69 Å². The van der Waals surface area contributed by atoms with Gasteiger partial charge in [0.15, 0.2) is 0 Å². The number of carbonyl (C=O) groups excluding carboxylic acids is 1. The van der Waals surface area contributed by atoms with Gasteiger partial charge < -0.3 is 10.1 Å². The lowest BCUT2D eigenvalue weighted by atomic mass is 10.2. The molecule has 0 saturated heterocycles. The van der Waals surface area contributed by atoms with E-state index < -0.39 is 10.0 Å². The van der Waals surface area contributed by atoms with Crippen molar-refractivity contribution in [3.05, 3.63) is 54.4 Å². The van der Waals surface area contributed by atoms with Crippen molar-refractivity contribution in [1.82, 2.24) is 10.3 Å². The molecule has 1 amide bonds. The molecule has 0 atom stereocenters. The number of nitrogens with zero attached hydrogens (tertiary/aromatic N) is 2. The number of nitrogens with one attached hydrogen (secondary N) is 1. The highest BCUT2D eigenvalue weighted by Crippen LogP contribution is 2.29. The number of amides is 1. The number of rotatable bonds is 8. The monoisotopic (exact) mass is 363 g/mol. The molecule has 0 radical (unpaired) electrons. The minimum atomic E-state index is -3.53. The minimum Gasteiger partial charge on any atom is -0.492 e. The fourth-order valence-electron chi connectivity index (χ4n) is 2.28. The Labute approximate surface area is 147 Å². The van der Waals surface area contributed by atoms with Crippen molar-refractivity contribution >= 4 is 21.6 Å². The molecule has 0 spiro atoms. The quantitative estimate of drug-likeness (QED) is 0.771. The lowest BCUT2D eigenvalue weighted by molar-refractivity contribution is 0.0954. The van der Waals surface area contributed by atoms with Crippen LogP contribution in [-0.2, 0) is 10.0 Å². The van der Waals surface area contributed by atoms with Crippen LogP contribution >= 0.6 is 0 Å². The van der Waals surface area contributed by atoms with Crippen LogP contribution in [0.1, 0.15) is 17.3 Å². The summed E-state index contributed by atoms with van der Waals surface area (Å²) >= 11 is 0. The summed E-state index contributed by atoms with van der Waals surface area (Å²) in [6, 6.07) is 10.2. The van der Waals surface area contributed by atoms with E-state index in [2.05, 4.69) is 10.3 Å². The van der Waals surface area contributed by atoms with Gasteiger partial charge in [-0.1, -0.05) is 12.1 Å². The van der Waals surface area contributed by atoms with Gasteiger partial charge >= 0.3 is 0 Å². The summed E-state index contributed by atoms with van der Waals surface area (Å²) in [6.45, 7) is 2.50. The Balaban J connectivity index is 2.11. The fraction of sp³-hybridized carbons (Fsp3) is 0.294. The van der Waals surface area contributed by atoms with Crippen LogP contribution in [0, 0.1) is 0 Å². The molecular weight excluding hydrogens is 342 g/mol.